The summed E-state index contributed by atoms with van der Waals surface area (Å²) >= 11 is 0. The highest BCUT2D eigenvalue weighted by atomic mass is 16.4. The molecule has 25 heavy (non-hydrogen) atoms. The highest BCUT2D eigenvalue weighted by Crippen LogP contribution is 2.68. The van der Waals surface area contributed by atoms with Gasteiger partial charge in [-0.25, -0.2) is 0 Å². The summed E-state index contributed by atoms with van der Waals surface area (Å²) in [6.45, 7) is 4.27. The van der Waals surface area contributed by atoms with Crippen molar-refractivity contribution in [3.63, 3.8) is 0 Å². The van der Waals surface area contributed by atoms with Crippen molar-refractivity contribution in [2.24, 2.45) is 34.5 Å². The lowest BCUT2D eigenvalue weighted by Gasteiger charge is -2.61. The molecule has 0 aromatic heterocycles. The minimum atomic E-state index is -1.14. The van der Waals surface area contributed by atoms with E-state index in [1.54, 1.807) is 0 Å². The highest BCUT2D eigenvalue weighted by molar-refractivity contribution is 5.15. The summed E-state index contributed by atoms with van der Waals surface area (Å²) < 4.78 is 0. The predicted octanol–water partition coefficient (Wildman–Crippen LogP) is 2.47. The maximum absolute atomic E-state index is 11.3. The molecule has 4 fully saturated rings. The van der Waals surface area contributed by atoms with Gasteiger partial charge in [0.2, 0.25) is 0 Å². The maximum atomic E-state index is 11.3. The van der Waals surface area contributed by atoms with Crippen LogP contribution in [0.5, 0.6) is 0 Å². The lowest BCUT2D eigenvalue weighted by molar-refractivity contribution is -0.196. The van der Waals surface area contributed by atoms with Crippen LogP contribution in [0.15, 0.2) is 0 Å². The number of hydrogen-bond donors (Lipinski definition) is 4. The summed E-state index contributed by atoms with van der Waals surface area (Å²) in [6, 6.07) is 0. The molecular weight excluding hydrogens is 316 g/mol. The largest absolute Gasteiger partial charge is 0.394 e. The Morgan fingerprint density at radius 2 is 1.68 bits per heavy atom. The zero-order valence-electron chi connectivity index (χ0n) is 15.8. The molecule has 0 aromatic carbocycles. The first kappa shape index (κ1) is 18.2. The van der Waals surface area contributed by atoms with Crippen LogP contribution in [0.4, 0.5) is 0 Å². The lowest BCUT2D eigenvalue weighted by atomic mass is 9.44. The summed E-state index contributed by atoms with van der Waals surface area (Å²) in [5.74, 6) is 2.40. The molecule has 4 nitrogen and oxygen atoms in total. The van der Waals surface area contributed by atoms with E-state index in [0.29, 0.717) is 35.5 Å². The van der Waals surface area contributed by atoms with Gasteiger partial charge >= 0.3 is 0 Å². The molecule has 0 amide bonds. The van der Waals surface area contributed by atoms with E-state index in [0.717, 1.165) is 38.5 Å². The van der Waals surface area contributed by atoms with Crippen molar-refractivity contribution in [2.75, 3.05) is 6.61 Å². The second-order valence-corrected chi connectivity index (χ2v) is 10.2. The lowest BCUT2D eigenvalue weighted by Crippen LogP contribution is -2.60. The molecule has 4 aliphatic carbocycles. The Kier molecular flexibility index (Phi) is 4.31. The van der Waals surface area contributed by atoms with Crippen molar-refractivity contribution in [3.8, 4) is 0 Å². The van der Waals surface area contributed by atoms with Crippen LogP contribution in [0.25, 0.3) is 0 Å². The van der Waals surface area contributed by atoms with Crippen molar-refractivity contribution in [3.05, 3.63) is 0 Å². The fraction of sp³-hybridized carbons (Fsp3) is 1.00. The Hall–Kier alpha value is -0.160. The summed E-state index contributed by atoms with van der Waals surface area (Å²) in [5, 5.41) is 41.3. The van der Waals surface area contributed by atoms with Gasteiger partial charge in [-0.3, -0.25) is 0 Å². The van der Waals surface area contributed by atoms with Crippen LogP contribution >= 0.6 is 0 Å². The zero-order valence-corrected chi connectivity index (χ0v) is 15.8. The number of rotatable bonds is 2. The smallest absolute Gasteiger partial charge is 0.106 e. The van der Waals surface area contributed by atoms with Gasteiger partial charge in [0, 0.05) is 5.41 Å². The molecule has 0 radical (unpaired) electrons. The first-order valence-electron chi connectivity index (χ1n) is 10.5. The Morgan fingerprint density at radius 1 is 0.960 bits per heavy atom. The molecule has 144 valence electrons. The van der Waals surface area contributed by atoms with E-state index in [1.807, 2.05) is 0 Å². The van der Waals surface area contributed by atoms with Crippen molar-refractivity contribution < 1.29 is 20.4 Å². The molecule has 9 atom stereocenters. The normalized spacial score (nSPS) is 56.6. The summed E-state index contributed by atoms with van der Waals surface area (Å²) in [7, 11) is 0. The molecule has 0 heterocycles. The van der Waals surface area contributed by atoms with Gasteiger partial charge < -0.3 is 20.4 Å². The van der Waals surface area contributed by atoms with E-state index in [2.05, 4.69) is 13.8 Å². The van der Waals surface area contributed by atoms with Gasteiger partial charge in [-0.2, -0.15) is 0 Å². The van der Waals surface area contributed by atoms with E-state index in [9.17, 15) is 20.4 Å². The van der Waals surface area contributed by atoms with Crippen molar-refractivity contribution in [2.45, 2.75) is 89.4 Å². The maximum Gasteiger partial charge on any atom is 0.106 e. The van der Waals surface area contributed by atoms with E-state index in [4.69, 9.17) is 0 Å². The van der Waals surface area contributed by atoms with Crippen LogP contribution < -0.4 is 0 Å². The number of hydrogen-bond acceptors (Lipinski definition) is 4. The minimum absolute atomic E-state index is 0.111. The van der Waals surface area contributed by atoms with Gasteiger partial charge in [-0.05, 0) is 86.9 Å². The fourth-order valence-electron chi connectivity index (χ4n) is 7.98. The Balaban J connectivity index is 1.62. The minimum Gasteiger partial charge on any atom is -0.394 e. The summed E-state index contributed by atoms with van der Waals surface area (Å²) in [4.78, 5) is 0. The van der Waals surface area contributed by atoms with Gasteiger partial charge in [0.15, 0.2) is 0 Å². The van der Waals surface area contributed by atoms with Crippen LogP contribution in [0.2, 0.25) is 0 Å². The molecule has 0 saturated heterocycles. The number of aliphatic hydroxyl groups excluding tert-OH is 3. The Morgan fingerprint density at radius 3 is 2.40 bits per heavy atom. The second-order valence-electron chi connectivity index (χ2n) is 10.2. The first-order valence-corrected chi connectivity index (χ1v) is 10.5. The van der Waals surface area contributed by atoms with E-state index in [1.165, 1.54) is 12.8 Å². The molecule has 0 spiro atoms. The van der Waals surface area contributed by atoms with Crippen LogP contribution in [-0.2, 0) is 0 Å². The monoisotopic (exact) mass is 352 g/mol. The van der Waals surface area contributed by atoms with Crippen LogP contribution in [0, 0.1) is 34.5 Å². The van der Waals surface area contributed by atoms with E-state index >= 15 is 0 Å². The van der Waals surface area contributed by atoms with Crippen LogP contribution in [0.3, 0.4) is 0 Å². The molecule has 4 aliphatic rings. The first-order chi connectivity index (χ1) is 11.8. The van der Waals surface area contributed by atoms with Crippen molar-refractivity contribution in [1.29, 1.82) is 0 Å². The average Bonchev–Trinajstić information content (AvgIpc) is 2.87. The third-order valence-corrected chi connectivity index (χ3v) is 9.58. The molecule has 4 rings (SSSR count). The molecular formula is C21H36O4. The fourth-order valence-corrected chi connectivity index (χ4v) is 7.98. The van der Waals surface area contributed by atoms with E-state index < -0.39 is 11.7 Å². The molecule has 4 saturated carbocycles. The summed E-state index contributed by atoms with van der Waals surface area (Å²) in [5.41, 5.74) is -1.09. The van der Waals surface area contributed by atoms with Crippen molar-refractivity contribution >= 4 is 0 Å². The second kappa shape index (κ2) is 5.92. The van der Waals surface area contributed by atoms with E-state index in [-0.39, 0.29) is 18.1 Å². The van der Waals surface area contributed by atoms with Crippen molar-refractivity contribution in [1.82, 2.24) is 0 Å². The zero-order chi connectivity index (χ0) is 18.0. The highest BCUT2D eigenvalue weighted by Gasteiger charge is 2.66. The standard InChI is InChI=1S/C21H36O4/c1-19-8-5-14(23)11-13(19)3-4-15-16(19)6-9-20(2)17(15)7-10-21(20,25)18(24)12-22/h13-18,22-25H,3-12H2,1-2H3/t13-,14-,15-,16+,17+,18-,19+,20+,21+/m1/s1. The van der Waals surface area contributed by atoms with Crippen LogP contribution in [0.1, 0.15) is 71.6 Å². The SMILES string of the molecule is C[C@]12CC[C@@H](O)C[C@H]1CC[C@@H]1[C@@H]2CC[C@@]2(C)[C@H]1CC[C@]2(O)[C@H](O)CO. The number of fused-ring (bicyclic) bond motifs is 5. The Labute approximate surface area is 151 Å². The van der Waals surface area contributed by atoms with Gasteiger partial charge in [0.25, 0.3) is 0 Å². The number of aliphatic hydroxyl groups is 4. The molecule has 0 bridgehead atoms. The summed E-state index contributed by atoms with van der Waals surface area (Å²) in [6.07, 6.45) is 7.92. The molecule has 4 heteroatoms. The topological polar surface area (TPSA) is 80.9 Å². The molecule has 0 aliphatic heterocycles. The van der Waals surface area contributed by atoms with Gasteiger partial charge in [-0.1, -0.05) is 13.8 Å². The molecule has 4 N–H and O–H groups in total. The molecule has 0 unspecified atom stereocenters. The quantitative estimate of drug-likeness (QED) is 0.615. The predicted molar refractivity (Wildman–Crippen MR) is 95.8 cm³/mol. The third-order valence-electron chi connectivity index (χ3n) is 9.58. The average molecular weight is 353 g/mol. The van der Waals surface area contributed by atoms with Gasteiger partial charge in [0.1, 0.15) is 6.10 Å². The Bertz CT molecular complexity index is 524. The van der Waals surface area contributed by atoms with Crippen LogP contribution in [-0.4, -0.2) is 44.8 Å². The van der Waals surface area contributed by atoms with Gasteiger partial charge in [-0.15, -0.1) is 0 Å². The molecule has 0 aromatic rings. The third kappa shape index (κ3) is 2.33. The van der Waals surface area contributed by atoms with Gasteiger partial charge in [0.05, 0.1) is 18.3 Å².